The summed E-state index contributed by atoms with van der Waals surface area (Å²) in [5.41, 5.74) is 6.89. The van der Waals surface area contributed by atoms with Crippen molar-refractivity contribution in [1.29, 1.82) is 0 Å². The molecule has 0 saturated carbocycles. The largest absolute Gasteiger partial charge is 0.573 e. The number of pyridine rings is 2. The quantitative estimate of drug-likeness (QED) is 0.0913. The van der Waals surface area contributed by atoms with Gasteiger partial charge >= 0.3 is 12.7 Å². The van der Waals surface area contributed by atoms with Crippen molar-refractivity contribution in [2.24, 2.45) is 0 Å². The van der Waals surface area contributed by atoms with Crippen LogP contribution in [0.3, 0.4) is 0 Å². The molecule has 8 rings (SSSR count). The van der Waals surface area contributed by atoms with Crippen molar-refractivity contribution in [3.63, 3.8) is 0 Å². The van der Waals surface area contributed by atoms with E-state index in [4.69, 9.17) is 23.2 Å². The van der Waals surface area contributed by atoms with Crippen molar-refractivity contribution in [3.8, 4) is 11.5 Å². The van der Waals surface area contributed by atoms with Crippen molar-refractivity contribution in [2.75, 3.05) is 0 Å². The lowest BCUT2D eigenvalue weighted by Gasteiger charge is -2.15. The van der Waals surface area contributed by atoms with Gasteiger partial charge in [-0.3, -0.25) is 9.59 Å². The number of benzene rings is 4. The SMILES string of the molecule is C[C@H](NC(=O)CCc1nc2cc(Br)cnc2n1Cc1ccc(OC(F)(F)F)cc1)c1ccc(Cl)cc1.Cc1cnc2c(c1)nc(CCC(=O)N[C@@H](C)c1ccc(Cl)cc1)n2Cc1ccc(OC(F)(F)F)cc1. The Balaban J connectivity index is 0.000000211. The Hall–Kier alpha value is -6.70. The Bertz CT molecular complexity index is 2920. The van der Waals surface area contributed by atoms with Crippen LogP contribution in [-0.2, 0) is 35.5 Å². The summed E-state index contributed by atoms with van der Waals surface area (Å²) in [6, 6.07) is 29.2. The predicted octanol–water partition coefficient (Wildman–Crippen LogP) is 12.8. The minimum atomic E-state index is -4.75. The van der Waals surface area contributed by atoms with E-state index in [0.29, 0.717) is 70.0 Å². The molecule has 0 aliphatic rings. The molecule has 4 aromatic carbocycles. The van der Waals surface area contributed by atoms with Crippen LogP contribution in [0.2, 0.25) is 10.0 Å². The molecule has 21 heteroatoms. The number of ether oxygens (including phenoxy) is 2. The topological polar surface area (TPSA) is 138 Å². The first-order chi connectivity index (χ1) is 34.1. The van der Waals surface area contributed by atoms with E-state index < -0.39 is 12.7 Å². The van der Waals surface area contributed by atoms with Gasteiger partial charge in [0.25, 0.3) is 0 Å². The number of amides is 2. The van der Waals surface area contributed by atoms with Crippen LogP contribution in [0.4, 0.5) is 26.3 Å². The number of rotatable bonds is 16. The number of nitrogens with one attached hydrogen (secondary N) is 2. The van der Waals surface area contributed by atoms with Gasteiger partial charge in [-0.1, -0.05) is 71.7 Å². The van der Waals surface area contributed by atoms with Crippen LogP contribution in [-0.4, -0.2) is 53.6 Å². The van der Waals surface area contributed by atoms with Crippen LogP contribution in [0, 0.1) is 6.92 Å². The third-order valence-electron chi connectivity index (χ3n) is 11.1. The lowest BCUT2D eigenvalue weighted by atomic mass is 10.1. The molecule has 0 aliphatic heterocycles. The lowest BCUT2D eigenvalue weighted by Crippen LogP contribution is -2.27. The van der Waals surface area contributed by atoms with Crippen molar-refractivity contribution >= 4 is 73.3 Å². The molecule has 0 radical (unpaired) electrons. The van der Waals surface area contributed by atoms with E-state index in [-0.39, 0.29) is 48.2 Å². The molecule has 2 atom stereocenters. The maximum absolute atomic E-state index is 12.7. The minimum absolute atomic E-state index is 0.131. The Morgan fingerprint density at radius 1 is 0.611 bits per heavy atom. The highest BCUT2D eigenvalue weighted by molar-refractivity contribution is 9.10. The van der Waals surface area contributed by atoms with Gasteiger partial charge in [-0.2, -0.15) is 0 Å². The number of halogens is 9. The number of alkyl halides is 6. The molecule has 4 aromatic heterocycles. The van der Waals surface area contributed by atoms with Gasteiger partial charge in [-0.25, -0.2) is 19.9 Å². The Morgan fingerprint density at radius 2 is 1.00 bits per heavy atom. The fourth-order valence-electron chi connectivity index (χ4n) is 7.61. The zero-order chi connectivity index (χ0) is 51.7. The van der Waals surface area contributed by atoms with Crippen molar-refractivity contribution < 1.29 is 45.4 Å². The second kappa shape index (κ2) is 23.2. The fraction of sp³-hybridized carbons (Fsp3) is 0.255. The number of carbonyl (C=O) groups is 2. The molecule has 2 N–H and O–H groups in total. The number of carbonyl (C=O) groups excluding carboxylic acids is 2. The summed E-state index contributed by atoms with van der Waals surface area (Å²) in [6.45, 7) is 6.35. The lowest BCUT2D eigenvalue weighted by molar-refractivity contribution is -0.275. The first-order valence-corrected chi connectivity index (χ1v) is 23.8. The fourth-order valence-corrected chi connectivity index (χ4v) is 8.18. The predicted molar refractivity (Wildman–Crippen MR) is 265 cm³/mol. The van der Waals surface area contributed by atoms with E-state index >= 15 is 0 Å². The summed E-state index contributed by atoms with van der Waals surface area (Å²) in [6.07, 6.45) is -5.01. The van der Waals surface area contributed by atoms with E-state index in [9.17, 15) is 35.9 Å². The number of aromatic nitrogens is 6. The molecule has 0 aliphatic carbocycles. The van der Waals surface area contributed by atoms with Crippen LogP contribution < -0.4 is 20.1 Å². The second-order valence-electron chi connectivity index (χ2n) is 16.6. The van der Waals surface area contributed by atoms with Gasteiger partial charge in [0.2, 0.25) is 11.8 Å². The summed E-state index contributed by atoms with van der Waals surface area (Å²) in [5, 5.41) is 7.21. The zero-order valence-corrected chi connectivity index (χ0v) is 41.8. The van der Waals surface area contributed by atoms with Crippen LogP contribution in [0.15, 0.2) is 126 Å². The number of nitrogens with zero attached hydrogens (tertiary/aromatic N) is 6. The summed E-state index contributed by atoms with van der Waals surface area (Å²) in [5.74, 6) is 0.443. The molecule has 72 heavy (non-hydrogen) atoms. The monoisotopic (exact) mass is 1100 g/mol. The summed E-state index contributed by atoms with van der Waals surface area (Å²) >= 11 is 15.3. The molecule has 0 bridgehead atoms. The zero-order valence-electron chi connectivity index (χ0n) is 38.7. The highest BCUT2D eigenvalue weighted by atomic mass is 79.9. The van der Waals surface area contributed by atoms with Gasteiger partial charge < -0.3 is 29.2 Å². The van der Waals surface area contributed by atoms with Crippen LogP contribution in [0.1, 0.15) is 78.2 Å². The van der Waals surface area contributed by atoms with Crippen molar-refractivity contribution in [3.05, 3.63) is 176 Å². The average Bonchev–Trinajstić information content (AvgIpc) is 3.83. The van der Waals surface area contributed by atoms with Gasteiger partial charge in [-0.15, -0.1) is 26.3 Å². The summed E-state index contributed by atoms with van der Waals surface area (Å²) in [4.78, 5) is 43.6. The molecule has 0 fully saturated rings. The smallest absolute Gasteiger partial charge is 0.406 e. The summed E-state index contributed by atoms with van der Waals surface area (Å²) in [7, 11) is 0. The van der Waals surface area contributed by atoms with Crippen LogP contribution in [0.25, 0.3) is 22.3 Å². The second-order valence-corrected chi connectivity index (χ2v) is 18.4. The third kappa shape index (κ3) is 15.2. The molecule has 2 amide bonds. The van der Waals surface area contributed by atoms with E-state index in [1.165, 1.54) is 24.3 Å². The average molecular weight is 1100 g/mol. The maximum atomic E-state index is 12.7. The first-order valence-electron chi connectivity index (χ1n) is 22.3. The molecular formula is C51H45BrCl2F6N8O4. The molecule has 376 valence electrons. The minimum Gasteiger partial charge on any atom is -0.406 e. The third-order valence-corrected chi connectivity index (χ3v) is 12.0. The molecule has 12 nitrogen and oxygen atoms in total. The van der Waals surface area contributed by atoms with Gasteiger partial charge in [0.1, 0.15) is 34.2 Å². The molecule has 0 spiro atoms. The van der Waals surface area contributed by atoms with Gasteiger partial charge in [0.05, 0.1) is 25.2 Å². The normalized spacial score (nSPS) is 12.5. The van der Waals surface area contributed by atoms with Crippen molar-refractivity contribution in [2.45, 2.75) is 84.4 Å². The van der Waals surface area contributed by atoms with E-state index in [2.05, 4.69) is 56.0 Å². The van der Waals surface area contributed by atoms with Crippen LogP contribution in [0.5, 0.6) is 11.5 Å². The van der Waals surface area contributed by atoms with Crippen LogP contribution >= 0.6 is 39.1 Å². The van der Waals surface area contributed by atoms with Gasteiger partial charge in [0, 0.05) is 52.6 Å². The molecule has 0 unspecified atom stereocenters. The van der Waals surface area contributed by atoms with E-state index in [1.807, 2.05) is 66.3 Å². The number of imidazole rings is 2. The maximum Gasteiger partial charge on any atom is 0.573 e. The standard InChI is InChI=1S/C26H24ClF3N4O2.C25H21BrClF3N4O2/c1-16-13-22-25(31-14-16)34(15-18-3-9-21(10-4-18)36-26(28,29)30)23(33-22)11-12-24(35)32-17(2)19-5-7-20(27)8-6-19;1-15(17-4-6-19(27)7-5-17)32-23(35)11-10-22-33-21-12-18(26)13-31-24(21)34(22)14-16-2-8-20(9-3-16)36-25(28,29)30/h3-10,13-14,17H,11-12,15H2,1-2H3,(H,32,35);2-9,12-13,15H,10-11,14H2,1H3,(H,32,35)/t17-;15-/m00/s1. The van der Waals surface area contributed by atoms with E-state index in [0.717, 1.165) is 32.3 Å². The van der Waals surface area contributed by atoms with Gasteiger partial charge in [0.15, 0.2) is 11.3 Å². The Labute approximate surface area is 427 Å². The highest BCUT2D eigenvalue weighted by Gasteiger charge is 2.32. The number of aryl methyl sites for hydroxylation is 3. The first kappa shape index (κ1) is 53.1. The molecule has 4 heterocycles. The highest BCUT2D eigenvalue weighted by Crippen LogP contribution is 2.27. The van der Waals surface area contributed by atoms with Gasteiger partial charge in [-0.05, 0) is 125 Å². The number of fused-ring (bicyclic) bond motifs is 2. The van der Waals surface area contributed by atoms with E-state index in [1.54, 1.807) is 60.9 Å². The molecular weight excluding hydrogens is 1050 g/mol. The Kier molecular flexibility index (Phi) is 17.1. The molecule has 0 saturated heterocycles. The summed E-state index contributed by atoms with van der Waals surface area (Å²) < 4.78 is 87.2. The number of hydrogen-bond acceptors (Lipinski definition) is 8. The molecule has 8 aromatic rings. The van der Waals surface area contributed by atoms with Crippen molar-refractivity contribution in [1.82, 2.24) is 39.7 Å². The Morgan fingerprint density at radius 3 is 1.40 bits per heavy atom. The number of hydrogen-bond donors (Lipinski definition) is 2.